The van der Waals surface area contributed by atoms with Gasteiger partial charge >= 0.3 is 0 Å². The Morgan fingerprint density at radius 1 is 1.77 bits per heavy atom. The van der Waals surface area contributed by atoms with Gasteiger partial charge in [-0.15, -0.1) is 0 Å². The Balaban J connectivity index is 2.81. The van der Waals surface area contributed by atoms with Gasteiger partial charge in [-0.3, -0.25) is 4.68 Å². The molecule has 0 bridgehead atoms. The number of halogens is 1. The molecule has 0 saturated carbocycles. The molecular weight excluding hydrogens is 232 g/mol. The van der Waals surface area contributed by atoms with Gasteiger partial charge in [0.2, 0.25) is 0 Å². The average molecular weight is 245 g/mol. The predicted octanol–water partition coefficient (Wildman–Crippen LogP) is 1.63. The molecule has 4 nitrogen and oxygen atoms in total. The molecule has 0 fully saturated rings. The van der Waals surface area contributed by atoms with E-state index in [1.54, 1.807) is 4.68 Å². The summed E-state index contributed by atoms with van der Waals surface area (Å²) in [5.41, 5.74) is 7.33. The molecule has 0 radical (unpaired) electrons. The maximum atomic E-state index is 5.80. The third kappa shape index (κ3) is 2.24. The van der Waals surface area contributed by atoms with E-state index in [9.17, 15) is 0 Å². The largest absolute Gasteiger partial charge is 0.394 e. The van der Waals surface area contributed by atoms with Crippen molar-refractivity contribution in [3.8, 4) is 0 Å². The molecule has 0 saturated heterocycles. The highest BCUT2D eigenvalue weighted by atomic mass is 79.9. The quantitative estimate of drug-likeness (QED) is 0.850. The fourth-order valence-electron chi connectivity index (χ4n) is 1.06. The third-order valence-corrected chi connectivity index (χ3v) is 2.00. The first kappa shape index (κ1) is 10.1. The highest BCUT2D eigenvalue weighted by molar-refractivity contribution is 9.11. The number of nitrogens with one attached hydrogen (secondary N) is 1. The van der Waals surface area contributed by atoms with Crippen LogP contribution in [0.15, 0.2) is 11.1 Å². The summed E-state index contributed by atoms with van der Waals surface area (Å²) >= 11 is 3.26. The van der Waals surface area contributed by atoms with Gasteiger partial charge in [-0.05, 0) is 6.92 Å². The van der Waals surface area contributed by atoms with Crippen molar-refractivity contribution in [3.05, 3.63) is 16.8 Å². The van der Waals surface area contributed by atoms with Crippen LogP contribution in [-0.4, -0.2) is 16.3 Å². The number of hydrogen-bond donors (Lipinski definition) is 2. The lowest BCUT2D eigenvalue weighted by Crippen LogP contribution is -2.07. The molecule has 1 aromatic rings. The minimum Gasteiger partial charge on any atom is -0.394 e. The zero-order chi connectivity index (χ0) is 10.0. The van der Waals surface area contributed by atoms with E-state index in [4.69, 9.17) is 5.73 Å². The zero-order valence-corrected chi connectivity index (χ0v) is 9.35. The van der Waals surface area contributed by atoms with E-state index in [1.165, 1.54) is 0 Å². The van der Waals surface area contributed by atoms with Crippen molar-refractivity contribution in [1.29, 1.82) is 0 Å². The number of aryl methyl sites for hydroxylation is 2. The van der Waals surface area contributed by atoms with Crippen LogP contribution in [0.1, 0.15) is 5.69 Å². The van der Waals surface area contributed by atoms with E-state index in [1.807, 2.05) is 14.0 Å². The highest BCUT2D eigenvalue weighted by Crippen LogP contribution is 2.21. The molecular formula is C8H13BrN4. The predicted molar refractivity (Wildman–Crippen MR) is 58.9 cm³/mol. The molecule has 13 heavy (non-hydrogen) atoms. The first-order chi connectivity index (χ1) is 6.02. The number of hydrogen-bond acceptors (Lipinski definition) is 3. The first-order valence-electron chi connectivity index (χ1n) is 3.88. The number of nitrogens with zero attached hydrogens (tertiary/aromatic N) is 2. The summed E-state index contributed by atoms with van der Waals surface area (Å²) in [5.74, 6) is 0.832. The van der Waals surface area contributed by atoms with E-state index in [-0.39, 0.29) is 0 Å². The average Bonchev–Trinajstić information content (AvgIpc) is 2.24. The molecule has 1 rings (SSSR count). The molecule has 1 heterocycles. The smallest absolute Gasteiger partial charge is 0.148 e. The topological polar surface area (TPSA) is 55.9 Å². The van der Waals surface area contributed by atoms with Gasteiger partial charge in [0.15, 0.2) is 0 Å². The number of anilines is 2. The molecule has 0 unspecified atom stereocenters. The molecule has 72 valence electrons. The second kappa shape index (κ2) is 3.83. The Morgan fingerprint density at radius 3 is 2.77 bits per heavy atom. The molecule has 0 aliphatic rings. The van der Waals surface area contributed by atoms with Gasteiger partial charge in [0, 0.05) is 18.1 Å². The van der Waals surface area contributed by atoms with Crippen LogP contribution in [0, 0.1) is 6.92 Å². The van der Waals surface area contributed by atoms with E-state index in [2.05, 4.69) is 32.9 Å². The standard InChI is InChI=1S/C8H13BrN4/c1-5(9)4-11-8-7(10)6(2)12-13(8)3/h11H,1,4,10H2,2-3H3. The summed E-state index contributed by atoms with van der Waals surface area (Å²) in [6, 6.07) is 0. The molecule has 1 aromatic heterocycles. The number of nitrogens with two attached hydrogens (primary N) is 1. The summed E-state index contributed by atoms with van der Waals surface area (Å²) in [6.07, 6.45) is 0. The minimum absolute atomic E-state index is 0.642. The Hall–Kier alpha value is -0.970. The van der Waals surface area contributed by atoms with Gasteiger partial charge in [0.1, 0.15) is 5.82 Å². The monoisotopic (exact) mass is 244 g/mol. The highest BCUT2D eigenvalue weighted by Gasteiger charge is 2.08. The Labute approximate surface area is 85.9 Å². The SMILES string of the molecule is C=C(Br)CNc1c(N)c(C)nn1C. The first-order valence-corrected chi connectivity index (χ1v) is 4.68. The maximum Gasteiger partial charge on any atom is 0.148 e. The molecule has 5 heteroatoms. The second-order valence-corrected chi connectivity index (χ2v) is 3.96. The third-order valence-electron chi connectivity index (χ3n) is 1.72. The molecule has 0 spiro atoms. The van der Waals surface area contributed by atoms with Gasteiger partial charge in [-0.2, -0.15) is 5.10 Å². The zero-order valence-electron chi connectivity index (χ0n) is 7.76. The van der Waals surface area contributed by atoms with E-state index in [0.29, 0.717) is 12.2 Å². The maximum absolute atomic E-state index is 5.80. The molecule has 0 amide bonds. The van der Waals surface area contributed by atoms with Crippen LogP contribution in [-0.2, 0) is 7.05 Å². The Kier molecular flexibility index (Phi) is 2.98. The van der Waals surface area contributed by atoms with Crippen molar-refractivity contribution < 1.29 is 0 Å². The molecule has 0 aromatic carbocycles. The van der Waals surface area contributed by atoms with E-state index >= 15 is 0 Å². The fraction of sp³-hybridized carbons (Fsp3) is 0.375. The Bertz CT molecular complexity index is 329. The van der Waals surface area contributed by atoms with Crippen molar-refractivity contribution in [1.82, 2.24) is 9.78 Å². The van der Waals surface area contributed by atoms with Crippen molar-refractivity contribution in [2.75, 3.05) is 17.6 Å². The van der Waals surface area contributed by atoms with Crippen LogP contribution >= 0.6 is 15.9 Å². The number of nitrogen functional groups attached to an aromatic ring is 1. The van der Waals surface area contributed by atoms with Crippen LogP contribution in [0.4, 0.5) is 11.5 Å². The van der Waals surface area contributed by atoms with Crippen LogP contribution in [0.5, 0.6) is 0 Å². The summed E-state index contributed by atoms with van der Waals surface area (Å²) in [4.78, 5) is 0. The van der Waals surface area contributed by atoms with Gasteiger partial charge in [0.05, 0.1) is 11.4 Å². The lowest BCUT2D eigenvalue weighted by molar-refractivity contribution is 0.761. The minimum atomic E-state index is 0.642. The molecule has 0 aliphatic carbocycles. The lowest BCUT2D eigenvalue weighted by Gasteiger charge is -2.05. The van der Waals surface area contributed by atoms with Gasteiger partial charge < -0.3 is 11.1 Å². The van der Waals surface area contributed by atoms with Crippen molar-refractivity contribution in [2.45, 2.75) is 6.92 Å². The number of rotatable bonds is 3. The lowest BCUT2D eigenvalue weighted by atomic mass is 10.4. The molecule has 3 N–H and O–H groups in total. The van der Waals surface area contributed by atoms with Crippen LogP contribution in [0.2, 0.25) is 0 Å². The molecule has 0 aliphatic heterocycles. The van der Waals surface area contributed by atoms with Crippen molar-refractivity contribution in [3.63, 3.8) is 0 Å². The summed E-state index contributed by atoms with van der Waals surface area (Å²) in [5, 5.41) is 7.30. The van der Waals surface area contributed by atoms with Crippen LogP contribution < -0.4 is 11.1 Å². The normalized spacial score (nSPS) is 10.1. The van der Waals surface area contributed by atoms with Crippen molar-refractivity contribution >= 4 is 27.4 Å². The van der Waals surface area contributed by atoms with E-state index in [0.717, 1.165) is 16.0 Å². The van der Waals surface area contributed by atoms with Gasteiger partial charge in [0.25, 0.3) is 0 Å². The van der Waals surface area contributed by atoms with Gasteiger partial charge in [-0.25, -0.2) is 0 Å². The van der Waals surface area contributed by atoms with Gasteiger partial charge in [-0.1, -0.05) is 22.5 Å². The number of aromatic nitrogens is 2. The van der Waals surface area contributed by atoms with Crippen molar-refractivity contribution in [2.24, 2.45) is 7.05 Å². The summed E-state index contributed by atoms with van der Waals surface area (Å²) < 4.78 is 2.60. The summed E-state index contributed by atoms with van der Waals surface area (Å²) in [7, 11) is 1.85. The van der Waals surface area contributed by atoms with Crippen LogP contribution in [0.3, 0.4) is 0 Å². The van der Waals surface area contributed by atoms with Crippen LogP contribution in [0.25, 0.3) is 0 Å². The fourth-order valence-corrected chi connectivity index (χ4v) is 1.20. The molecule has 0 atom stereocenters. The Morgan fingerprint density at radius 2 is 2.38 bits per heavy atom. The second-order valence-electron chi connectivity index (χ2n) is 2.84. The van der Waals surface area contributed by atoms with E-state index < -0.39 is 0 Å². The summed E-state index contributed by atoms with van der Waals surface area (Å²) in [6.45, 7) is 6.24.